The van der Waals surface area contributed by atoms with Crippen LogP contribution < -0.4 is 0 Å². The molecular weight excluding hydrogens is 196 g/mol. The minimum absolute atomic E-state index is 0.0720. The zero-order valence-corrected chi connectivity index (χ0v) is 9.44. The summed E-state index contributed by atoms with van der Waals surface area (Å²) in [6, 6.07) is 0. The molecule has 0 bridgehead atoms. The van der Waals surface area contributed by atoms with E-state index in [9.17, 15) is 9.90 Å². The number of aliphatic hydroxyl groups is 1. The third-order valence-electron chi connectivity index (χ3n) is 3.03. The number of aliphatic hydroxyl groups excluding tert-OH is 1. The lowest BCUT2D eigenvalue weighted by molar-refractivity contribution is -0.152. The molecule has 1 fully saturated rings. The maximum absolute atomic E-state index is 11.4. The molecule has 3 atom stereocenters. The van der Waals surface area contributed by atoms with Gasteiger partial charge in [0.25, 0.3) is 0 Å². The number of ether oxygens (including phenoxy) is 2. The molecule has 0 spiro atoms. The molecule has 1 rings (SSSR count). The summed E-state index contributed by atoms with van der Waals surface area (Å²) in [5.41, 5.74) is 0. The molecule has 0 aromatic carbocycles. The average Bonchev–Trinajstić information content (AvgIpc) is 2.30. The predicted molar refractivity (Wildman–Crippen MR) is 55.3 cm³/mol. The summed E-state index contributed by atoms with van der Waals surface area (Å²) in [6.45, 7) is 3.20. The van der Waals surface area contributed by atoms with Crippen molar-refractivity contribution in [3.8, 4) is 0 Å². The highest BCUT2D eigenvalue weighted by Gasteiger charge is 2.33. The molecule has 0 radical (unpaired) electrons. The summed E-state index contributed by atoms with van der Waals surface area (Å²) in [5, 5.41) is 10.1. The molecule has 3 unspecified atom stereocenters. The van der Waals surface area contributed by atoms with Gasteiger partial charge in [0.15, 0.2) is 0 Å². The third-order valence-corrected chi connectivity index (χ3v) is 3.03. The molecule has 15 heavy (non-hydrogen) atoms. The molecule has 0 aliphatic carbocycles. The van der Waals surface area contributed by atoms with Crippen molar-refractivity contribution in [3.05, 3.63) is 0 Å². The van der Waals surface area contributed by atoms with E-state index < -0.39 is 12.0 Å². The number of carbonyl (C=O) groups excluding carboxylic acids is 1. The minimum Gasteiger partial charge on any atom is -0.469 e. The summed E-state index contributed by atoms with van der Waals surface area (Å²) >= 11 is 0. The van der Waals surface area contributed by atoms with Gasteiger partial charge >= 0.3 is 5.97 Å². The van der Waals surface area contributed by atoms with Crippen LogP contribution in [0.1, 0.15) is 26.2 Å². The Labute approximate surface area is 90.6 Å². The van der Waals surface area contributed by atoms with Crippen LogP contribution in [-0.4, -0.2) is 37.5 Å². The first-order chi connectivity index (χ1) is 7.20. The van der Waals surface area contributed by atoms with Crippen molar-refractivity contribution in [1.82, 2.24) is 0 Å². The molecule has 1 aliphatic heterocycles. The molecule has 0 aromatic heterocycles. The number of hydrogen-bond acceptors (Lipinski definition) is 4. The fraction of sp³-hybridized carbons (Fsp3) is 0.909. The molecule has 0 saturated carbocycles. The molecule has 4 nitrogen and oxygen atoms in total. The van der Waals surface area contributed by atoms with Gasteiger partial charge in [0.1, 0.15) is 0 Å². The second-order valence-corrected chi connectivity index (χ2v) is 4.01. The van der Waals surface area contributed by atoms with E-state index in [1.807, 2.05) is 6.92 Å². The Morgan fingerprint density at radius 1 is 1.67 bits per heavy atom. The van der Waals surface area contributed by atoms with E-state index in [1.54, 1.807) is 0 Å². The number of hydrogen-bond donors (Lipinski definition) is 1. The SMILES string of the molecule is CCC(C(=O)OC)C(O)C1CCCOC1. The van der Waals surface area contributed by atoms with Crippen molar-refractivity contribution in [3.63, 3.8) is 0 Å². The van der Waals surface area contributed by atoms with Crippen LogP contribution in [-0.2, 0) is 14.3 Å². The average molecular weight is 216 g/mol. The van der Waals surface area contributed by atoms with E-state index in [0.717, 1.165) is 19.4 Å². The van der Waals surface area contributed by atoms with Gasteiger partial charge in [-0.15, -0.1) is 0 Å². The van der Waals surface area contributed by atoms with Gasteiger partial charge < -0.3 is 14.6 Å². The van der Waals surface area contributed by atoms with Crippen molar-refractivity contribution < 1.29 is 19.4 Å². The lowest BCUT2D eigenvalue weighted by Crippen LogP contribution is -2.38. The zero-order valence-electron chi connectivity index (χ0n) is 9.44. The third kappa shape index (κ3) is 3.18. The Hall–Kier alpha value is -0.610. The van der Waals surface area contributed by atoms with Gasteiger partial charge in [-0.25, -0.2) is 0 Å². The van der Waals surface area contributed by atoms with Gasteiger partial charge in [-0.2, -0.15) is 0 Å². The molecule has 1 saturated heterocycles. The quantitative estimate of drug-likeness (QED) is 0.711. The largest absolute Gasteiger partial charge is 0.469 e. The van der Waals surface area contributed by atoms with Gasteiger partial charge in [0, 0.05) is 12.5 Å². The fourth-order valence-electron chi connectivity index (χ4n) is 2.06. The molecule has 1 heterocycles. The summed E-state index contributed by atoms with van der Waals surface area (Å²) in [6.07, 6.45) is 1.85. The Morgan fingerprint density at radius 2 is 2.40 bits per heavy atom. The van der Waals surface area contributed by atoms with Gasteiger partial charge in [-0.1, -0.05) is 6.92 Å². The highest BCUT2D eigenvalue weighted by molar-refractivity contribution is 5.72. The first kappa shape index (κ1) is 12.5. The number of carbonyl (C=O) groups is 1. The predicted octanol–water partition coefficient (Wildman–Crippen LogP) is 0.973. The van der Waals surface area contributed by atoms with E-state index in [1.165, 1.54) is 7.11 Å². The number of methoxy groups -OCH3 is 1. The highest BCUT2D eigenvalue weighted by atomic mass is 16.5. The van der Waals surface area contributed by atoms with Crippen LogP contribution in [0.5, 0.6) is 0 Å². The van der Waals surface area contributed by atoms with Crippen LogP contribution in [0.15, 0.2) is 0 Å². The molecular formula is C11H20O4. The second-order valence-electron chi connectivity index (χ2n) is 4.01. The van der Waals surface area contributed by atoms with Crippen molar-refractivity contribution in [2.24, 2.45) is 11.8 Å². The van der Waals surface area contributed by atoms with E-state index in [2.05, 4.69) is 4.74 Å². The van der Waals surface area contributed by atoms with Crippen molar-refractivity contribution in [2.75, 3.05) is 20.3 Å². The molecule has 1 aliphatic rings. The summed E-state index contributed by atoms with van der Waals surface area (Å²) in [5.74, 6) is -0.667. The first-order valence-electron chi connectivity index (χ1n) is 5.54. The van der Waals surface area contributed by atoms with Crippen molar-refractivity contribution >= 4 is 5.97 Å². The lowest BCUT2D eigenvalue weighted by Gasteiger charge is -2.30. The highest BCUT2D eigenvalue weighted by Crippen LogP contribution is 2.24. The normalized spacial score (nSPS) is 25.7. The van der Waals surface area contributed by atoms with Gasteiger partial charge in [0.05, 0.1) is 25.7 Å². The molecule has 88 valence electrons. The first-order valence-corrected chi connectivity index (χ1v) is 5.54. The van der Waals surface area contributed by atoms with Gasteiger partial charge in [-0.05, 0) is 19.3 Å². The maximum Gasteiger partial charge on any atom is 0.311 e. The van der Waals surface area contributed by atoms with Crippen molar-refractivity contribution in [1.29, 1.82) is 0 Å². The van der Waals surface area contributed by atoms with Crippen LogP contribution in [0, 0.1) is 11.8 Å². The van der Waals surface area contributed by atoms with Crippen LogP contribution in [0.3, 0.4) is 0 Å². The Morgan fingerprint density at radius 3 is 2.87 bits per heavy atom. The fourth-order valence-corrected chi connectivity index (χ4v) is 2.06. The lowest BCUT2D eigenvalue weighted by atomic mass is 9.86. The minimum atomic E-state index is -0.636. The van der Waals surface area contributed by atoms with Crippen LogP contribution >= 0.6 is 0 Å². The Kier molecular flexibility index (Phi) is 5.05. The van der Waals surface area contributed by atoms with Gasteiger partial charge in [-0.3, -0.25) is 4.79 Å². The van der Waals surface area contributed by atoms with E-state index in [0.29, 0.717) is 13.0 Å². The van der Waals surface area contributed by atoms with Crippen molar-refractivity contribution in [2.45, 2.75) is 32.3 Å². The molecule has 1 N–H and O–H groups in total. The monoisotopic (exact) mass is 216 g/mol. The van der Waals surface area contributed by atoms with Crippen LogP contribution in [0.2, 0.25) is 0 Å². The number of esters is 1. The summed E-state index contributed by atoms with van der Waals surface area (Å²) in [4.78, 5) is 11.4. The van der Waals surface area contributed by atoms with Gasteiger partial charge in [0.2, 0.25) is 0 Å². The van der Waals surface area contributed by atoms with Crippen LogP contribution in [0.25, 0.3) is 0 Å². The smallest absolute Gasteiger partial charge is 0.311 e. The maximum atomic E-state index is 11.4. The summed E-state index contributed by atoms with van der Waals surface area (Å²) in [7, 11) is 1.36. The van der Waals surface area contributed by atoms with E-state index in [-0.39, 0.29) is 11.9 Å². The second kappa shape index (κ2) is 6.08. The van der Waals surface area contributed by atoms with E-state index >= 15 is 0 Å². The zero-order chi connectivity index (χ0) is 11.3. The Bertz CT molecular complexity index is 199. The molecule has 4 heteroatoms. The molecule has 0 amide bonds. The standard InChI is InChI=1S/C11H20O4/c1-3-9(11(13)14-2)10(12)8-5-4-6-15-7-8/h8-10,12H,3-7H2,1-2H3. The molecule has 0 aromatic rings. The topological polar surface area (TPSA) is 55.8 Å². The Balaban J connectivity index is 2.54. The van der Waals surface area contributed by atoms with E-state index in [4.69, 9.17) is 4.74 Å². The summed E-state index contributed by atoms with van der Waals surface area (Å²) < 4.78 is 9.97. The number of rotatable bonds is 4. The van der Waals surface area contributed by atoms with Crippen LogP contribution in [0.4, 0.5) is 0 Å².